The minimum Gasteiger partial charge on any atom is -0.369 e. The van der Waals surface area contributed by atoms with Crippen LogP contribution in [0.5, 0.6) is 0 Å². The number of nitriles is 1. The van der Waals surface area contributed by atoms with Crippen LogP contribution in [-0.4, -0.2) is 24.2 Å². The van der Waals surface area contributed by atoms with Gasteiger partial charge in [-0.2, -0.15) is 5.26 Å². The van der Waals surface area contributed by atoms with Crippen molar-refractivity contribution in [2.75, 3.05) is 6.61 Å². The third kappa shape index (κ3) is 5.05. The lowest BCUT2D eigenvalue weighted by Gasteiger charge is -2.29. The Hall–Kier alpha value is -1.08. The molecule has 4 heteroatoms. The summed E-state index contributed by atoms with van der Waals surface area (Å²) in [7, 11) is 0. The minimum atomic E-state index is -0.669. The van der Waals surface area contributed by atoms with Crippen molar-refractivity contribution in [3.63, 3.8) is 0 Å². The fourth-order valence-corrected chi connectivity index (χ4v) is 2.32. The van der Waals surface area contributed by atoms with E-state index in [1.165, 1.54) is 6.42 Å². The van der Waals surface area contributed by atoms with E-state index in [2.05, 4.69) is 11.4 Å². The predicted molar refractivity (Wildman–Crippen MR) is 69.9 cm³/mol. The summed E-state index contributed by atoms with van der Waals surface area (Å²) in [4.78, 5) is 11.8. The van der Waals surface area contributed by atoms with Crippen molar-refractivity contribution in [3.05, 3.63) is 0 Å². The van der Waals surface area contributed by atoms with E-state index in [1.54, 1.807) is 0 Å². The van der Waals surface area contributed by atoms with Gasteiger partial charge in [-0.1, -0.05) is 32.1 Å². The molecule has 1 aliphatic carbocycles. The number of amides is 1. The van der Waals surface area contributed by atoms with Crippen LogP contribution in [-0.2, 0) is 9.53 Å². The van der Waals surface area contributed by atoms with Crippen molar-refractivity contribution in [2.45, 2.75) is 70.4 Å². The number of nitrogens with zero attached hydrogens (tertiary/aromatic N) is 1. The largest absolute Gasteiger partial charge is 0.369 e. The lowest BCUT2D eigenvalue weighted by atomic mass is 9.85. The molecule has 0 aromatic carbocycles. The molecule has 18 heavy (non-hydrogen) atoms. The van der Waals surface area contributed by atoms with Gasteiger partial charge in [0.1, 0.15) is 12.1 Å². The summed E-state index contributed by atoms with van der Waals surface area (Å²) in [5, 5.41) is 12.3. The maximum atomic E-state index is 11.8. The smallest absolute Gasteiger partial charge is 0.247 e. The Morgan fingerprint density at radius 2 is 1.83 bits per heavy atom. The van der Waals surface area contributed by atoms with E-state index in [4.69, 9.17) is 4.74 Å². The van der Waals surface area contributed by atoms with Gasteiger partial charge in [-0.3, -0.25) is 4.79 Å². The summed E-state index contributed by atoms with van der Waals surface area (Å²) in [6, 6.07) is 2.32. The Bertz CT molecular complexity index is 299. The van der Waals surface area contributed by atoms with Gasteiger partial charge in [0, 0.05) is 0 Å². The summed E-state index contributed by atoms with van der Waals surface area (Å²) in [6.07, 6.45) is 7.13. The summed E-state index contributed by atoms with van der Waals surface area (Å²) in [6.45, 7) is 3.83. The van der Waals surface area contributed by atoms with Crippen LogP contribution in [0.4, 0.5) is 0 Å². The van der Waals surface area contributed by atoms with Crippen molar-refractivity contribution in [1.82, 2.24) is 5.32 Å². The van der Waals surface area contributed by atoms with Crippen LogP contribution in [0.15, 0.2) is 0 Å². The quantitative estimate of drug-likeness (QED) is 0.836. The highest BCUT2D eigenvalue weighted by Gasteiger charge is 2.31. The number of rotatable bonds is 4. The van der Waals surface area contributed by atoms with Crippen molar-refractivity contribution in [3.8, 4) is 6.07 Å². The van der Waals surface area contributed by atoms with E-state index in [9.17, 15) is 10.1 Å². The van der Waals surface area contributed by atoms with Crippen LogP contribution < -0.4 is 5.32 Å². The molecule has 0 bridgehead atoms. The zero-order valence-corrected chi connectivity index (χ0v) is 11.5. The van der Waals surface area contributed by atoms with Gasteiger partial charge in [0.25, 0.3) is 0 Å². The highest BCUT2D eigenvalue weighted by Crippen LogP contribution is 2.25. The van der Waals surface area contributed by atoms with E-state index in [0.717, 1.165) is 38.5 Å². The normalized spacial score (nSPS) is 19.7. The summed E-state index contributed by atoms with van der Waals surface area (Å²) >= 11 is 0. The molecule has 1 fully saturated rings. The first kappa shape index (κ1) is 15.0. The molecule has 0 spiro atoms. The molecule has 0 atom stereocenters. The number of hydrogen-bond acceptors (Lipinski definition) is 3. The zero-order chi connectivity index (χ0) is 13.4. The fraction of sp³-hybridized carbons (Fsp3) is 0.857. The van der Waals surface area contributed by atoms with Crippen molar-refractivity contribution < 1.29 is 9.53 Å². The lowest BCUT2D eigenvalue weighted by Crippen LogP contribution is -2.49. The van der Waals surface area contributed by atoms with Gasteiger partial charge in [-0.15, -0.1) is 0 Å². The van der Waals surface area contributed by atoms with Gasteiger partial charge in [0.2, 0.25) is 5.91 Å². The molecular formula is C14H24N2O2. The van der Waals surface area contributed by atoms with Crippen molar-refractivity contribution >= 4 is 5.91 Å². The van der Waals surface area contributed by atoms with E-state index < -0.39 is 5.54 Å². The molecule has 0 aliphatic heterocycles. The second-order valence-electron chi connectivity index (χ2n) is 5.37. The highest BCUT2D eigenvalue weighted by atomic mass is 16.5. The van der Waals surface area contributed by atoms with E-state index >= 15 is 0 Å². The van der Waals surface area contributed by atoms with Crippen LogP contribution >= 0.6 is 0 Å². The van der Waals surface area contributed by atoms with Crippen LogP contribution in [0.25, 0.3) is 0 Å². The molecule has 102 valence electrons. The Balaban J connectivity index is 2.52. The Morgan fingerprint density at radius 3 is 2.33 bits per heavy atom. The molecule has 0 saturated heterocycles. The Kier molecular flexibility index (Phi) is 6.14. The number of ether oxygens (including phenoxy) is 1. The molecule has 0 aromatic rings. The Morgan fingerprint density at radius 1 is 1.28 bits per heavy atom. The first-order valence-corrected chi connectivity index (χ1v) is 6.92. The van der Waals surface area contributed by atoms with Crippen molar-refractivity contribution in [1.29, 1.82) is 5.26 Å². The zero-order valence-electron chi connectivity index (χ0n) is 11.5. The molecule has 1 aliphatic rings. The number of hydrogen-bond donors (Lipinski definition) is 1. The maximum Gasteiger partial charge on any atom is 0.247 e. The Labute approximate surface area is 110 Å². The van der Waals surface area contributed by atoms with Crippen LogP contribution in [0.2, 0.25) is 0 Å². The van der Waals surface area contributed by atoms with Crippen LogP contribution in [0, 0.1) is 11.3 Å². The molecule has 4 nitrogen and oxygen atoms in total. The second-order valence-corrected chi connectivity index (χ2v) is 5.37. The van der Waals surface area contributed by atoms with E-state index in [1.807, 2.05) is 13.8 Å². The molecule has 1 N–H and O–H groups in total. The first-order chi connectivity index (χ1) is 8.58. The van der Waals surface area contributed by atoms with E-state index in [0.29, 0.717) is 0 Å². The fourth-order valence-electron chi connectivity index (χ4n) is 2.32. The third-order valence-electron chi connectivity index (χ3n) is 3.35. The average Bonchev–Trinajstić information content (AvgIpc) is 2.30. The van der Waals surface area contributed by atoms with Gasteiger partial charge >= 0.3 is 0 Å². The maximum absolute atomic E-state index is 11.8. The lowest BCUT2D eigenvalue weighted by molar-refractivity contribution is -0.128. The third-order valence-corrected chi connectivity index (χ3v) is 3.35. The molecule has 0 radical (unpaired) electrons. The first-order valence-electron chi connectivity index (χ1n) is 6.92. The van der Waals surface area contributed by atoms with Gasteiger partial charge in [-0.05, 0) is 26.7 Å². The van der Waals surface area contributed by atoms with Gasteiger partial charge in [0.15, 0.2) is 0 Å². The molecular weight excluding hydrogens is 228 g/mol. The summed E-state index contributed by atoms with van der Waals surface area (Å²) in [5.74, 6) is -0.175. The van der Waals surface area contributed by atoms with Crippen LogP contribution in [0.1, 0.15) is 58.8 Å². The number of nitrogens with one attached hydrogen (secondary N) is 1. The second kappa shape index (κ2) is 7.38. The topological polar surface area (TPSA) is 62.1 Å². The molecule has 1 saturated carbocycles. The minimum absolute atomic E-state index is 0.0334. The van der Waals surface area contributed by atoms with Crippen LogP contribution in [0.3, 0.4) is 0 Å². The number of carbonyl (C=O) groups is 1. The SMILES string of the molecule is CC(C)OCC(=O)NC1(C#N)CCCCCCC1. The average molecular weight is 252 g/mol. The standard InChI is InChI=1S/C14H24N2O2/c1-12(2)18-10-13(17)16-14(11-15)8-6-4-3-5-7-9-14/h12H,3-10H2,1-2H3,(H,16,17). The van der Waals surface area contributed by atoms with Gasteiger partial charge in [-0.25, -0.2) is 0 Å². The molecule has 0 heterocycles. The van der Waals surface area contributed by atoms with Gasteiger partial charge < -0.3 is 10.1 Å². The monoisotopic (exact) mass is 252 g/mol. The molecule has 1 amide bonds. The number of carbonyl (C=O) groups excluding carboxylic acids is 1. The van der Waals surface area contributed by atoms with Crippen molar-refractivity contribution in [2.24, 2.45) is 0 Å². The van der Waals surface area contributed by atoms with Gasteiger partial charge in [0.05, 0.1) is 12.2 Å². The molecule has 1 rings (SSSR count). The summed E-state index contributed by atoms with van der Waals surface area (Å²) in [5.41, 5.74) is -0.669. The summed E-state index contributed by atoms with van der Waals surface area (Å²) < 4.78 is 5.27. The predicted octanol–water partition coefficient (Wildman–Crippen LogP) is 2.53. The highest BCUT2D eigenvalue weighted by molar-refractivity contribution is 5.78. The molecule has 0 unspecified atom stereocenters. The van der Waals surface area contributed by atoms with E-state index in [-0.39, 0.29) is 18.6 Å². The molecule has 0 aromatic heterocycles.